The van der Waals surface area contributed by atoms with Crippen LogP contribution in [-0.2, 0) is 16.1 Å². The quantitative estimate of drug-likeness (QED) is 0.245. The summed E-state index contributed by atoms with van der Waals surface area (Å²) in [6.45, 7) is 1.02. The molecule has 0 aromatic heterocycles. The number of amides is 2. The summed E-state index contributed by atoms with van der Waals surface area (Å²) in [6, 6.07) is 10.0. The van der Waals surface area contributed by atoms with Gasteiger partial charge in [0.15, 0.2) is 11.5 Å². The molecule has 33 heavy (non-hydrogen) atoms. The minimum Gasteiger partial charge on any atom is -0.493 e. The number of carbonyl (C=O) groups excluding carboxylic acids is 2. The largest absolute Gasteiger partial charge is 0.493 e. The van der Waals surface area contributed by atoms with E-state index in [9.17, 15) is 14.4 Å². The van der Waals surface area contributed by atoms with Gasteiger partial charge in [-0.2, -0.15) is 0 Å². The number of aromatic carboxylic acids is 1. The van der Waals surface area contributed by atoms with Crippen LogP contribution in [0.1, 0.15) is 27.9 Å². The van der Waals surface area contributed by atoms with E-state index >= 15 is 0 Å². The van der Waals surface area contributed by atoms with E-state index in [2.05, 4.69) is 22.6 Å². The lowest BCUT2D eigenvalue weighted by Crippen LogP contribution is -2.29. The standard InChI is InChI=1S/C23H22INO7S/c1-30-9-3-8-25-21(26)19(33-23(25)29)12-15-10-17(24)20(18(11-15)31-2)32-13-14-4-6-16(7-5-14)22(27)28/h4-7,10-12H,3,8-9,13H2,1-2H3,(H,27,28)/b19-12+. The van der Waals surface area contributed by atoms with Crippen molar-refractivity contribution in [2.75, 3.05) is 27.4 Å². The third kappa shape index (κ3) is 6.27. The van der Waals surface area contributed by atoms with E-state index in [1.807, 2.05) is 6.07 Å². The highest BCUT2D eigenvalue weighted by atomic mass is 127. The Bertz CT molecular complexity index is 1080. The predicted octanol–water partition coefficient (Wildman–Crippen LogP) is 4.65. The van der Waals surface area contributed by atoms with Crippen LogP contribution in [0.15, 0.2) is 41.3 Å². The first-order chi connectivity index (χ1) is 15.8. The number of hydrogen-bond donors (Lipinski definition) is 1. The third-order valence-corrected chi connectivity index (χ3v) is 6.45. The number of halogens is 1. The molecule has 0 atom stereocenters. The summed E-state index contributed by atoms with van der Waals surface area (Å²) in [5, 5.41) is 8.71. The zero-order chi connectivity index (χ0) is 24.0. The number of imide groups is 1. The van der Waals surface area contributed by atoms with E-state index in [1.54, 1.807) is 31.4 Å². The SMILES string of the molecule is COCCCN1C(=O)S/C(=C/c2cc(I)c(OCc3ccc(C(=O)O)cc3)c(OC)c2)C1=O. The molecule has 1 fully saturated rings. The number of methoxy groups -OCH3 is 2. The van der Waals surface area contributed by atoms with Crippen molar-refractivity contribution in [2.24, 2.45) is 0 Å². The van der Waals surface area contributed by atoms with Gasteiger partial charge in [-0.1, -0.05) is 12.1 Å². The molecule has 0 bridgehead atoms. The molecule has 1 saturated heterocycles. The van der Waals surface area contributed by atoms with Crippen molar-refractivity contribution in [3.05, 3.63) is 61.6 Å². The summed E-state index contributed by atoms with van der Waals surface area (Å²) in [5.41, 5.74) is 1.72. The monoisotopic (exact) mass is 583 g/mol. The van der Waals surface area contributed by atoms with E-state index in [0.717, 1.165) is 20.9 Å². The van der Waals surface area contributed by atoms with Crippen molar-refractivity contribution in [1.29, 1.82) is 0 Å². The number of benzene rings is 2. The van der Waals surface area contributed by atoms with E-state index < -0.39 is 5.97 Å². The van der Waals surface area contributed by atoms with Gasteiger partial charge in [-0.05, 0) is 82.2 Å². The molecule has 0 radical (unpaired) electrons. The molecule has 3 rings (SSSR count). The predicted molar refractivity (Wildman–Crippen MR) is 133 cm³/mol. The van der Waals surface area contributed by atoms with Crippen molar-refractivity contribution in [2.45, 2.75) is 13.0 Å². The molecule has 2 aromatic carbocycles. The Balaban J connectivity index is 1.75. The fourth-order valence-electron chi connectivity index (χ4n) is 3.07. The molecule has 1 aliphatic rings. The zero-order valence-electron chi connectivity index (χ0n) is 18.0. The Morgan fingerprint density at radius 1 is 1.18 bits per heavy atom. The fourth-order valence-corrected chi connectivity index (χ4v) is 4.72. The zero-order valence-corrected chi connectivity index (χ0v) is 21.0. The van der Waals surface area contributed by atoms with Crippen LogP contribution in [0.5, 0.6) is 11.5 Å². The van der Waals surface area contributed by atoms with Gasteiger partial charge in [0.05, 0.1) is 21.1 Å². The lowest BCUT2D eigenvalue weighted by molar-refractivity contribution is -0.122. The second kappa shape index (κ2) is 11.5. The summed E-state index contributed by atoms with van der Waals surface area (Å²) in [6.07, 6.45) is 2.25. The van der Waals surface area contributed by atoms with E-state index in [0.29, 0.717) is 41.5 Å². The Morgan fingerprint density at radius 3 is 2.55 bits per heavy atom. The van der Waals surface area contributed by atoms with Crippen LogP contribution in [0, 0.1) is 3.57 Å². The molecule has 0 spiro atoms. The Hall–Kier alpha value is -2.57. The lowest BCUT2D eigenvalue weighted by Gasteiger charge is -2.14. The maximum absolute atomic E-state index is 12.6. The summed E-state index contributed by atoms with van der Waals surface area (Å²) in [4.78, 5) is 37.4. The smallest absolute Gasteiger partial charge is 0.335 e. The van der Waals surface area contributed by atoms with Crippen molar-refractivity contribution >= 4 is 57.5 Å². The number of carboxylic acid groups (broad SMARTS) is 1. The van der Waals surface area contributed by atoms with Crippen molar-refractivity contribution in [1.82, 2.24) is 4.90 Å². The minimum absolute atomic E-state index is 0.207. The number of ether oxygens (including phenoxy) is 3. The molecule has 0 aliphatic carbocycles. The van der Waals surface area contributed by atoms with Crippen molar-refractivity contribution in [3.63, 3.8) is 0 Å². The molecular formula is C23H22INO7S. The van der Waals surface area contributed by atoms with Crippen LogP contribution in [0.2, 0.25) is 0 Å². The molecule has 1 heterocycles. The number of hydrogen-bond acceptors (Lipinski definition) is 7. The van der Waals surface area contributed by atoms with Crippen LogP contribution in [0.4, 0.5) is 4.79 Å². The molecule has 1 N–H and O–H groups in total. The highest BCUT2D eigenvalue weighted by Gasteiger charge is 2.34. The van der Waals surface area contributed by atoms with E-state index in [-0.39, 0.29) is 23.3 Å². The Kier molecular flexibility index (Phi) is 8.75. The average molecular weight is 583 g/mol. The van der Waals surface area contributed by atoms with E-state index in [1.165, 1.54) is 24.1 Å². The summed E-state index contributed by atoms with van der Waals surface area (Å²) < 4.78 is 17.2. The topological polar surface area (TPSA) is 102 Å². The fraction of sp³-hybridized carbons (Fsp3) is 0.261. The van der Waals surface area contributed by atoms with Gasteiger partial charge in [-0.3, -0.25) is 14.5 Å². The molecule has 2 amide bonds. The second-order valence-corrected chi connectivity index (χ2v) is 9.16. The van der Waals surface area contributed by atoms with Gasteiger partial charge in [0.25, 0.3) is 11.1 Å². The first kappa shape index (κ1) is 25.1. The number of thioether (sulfide) groups is 1. The minimum atomic E-state index is -0.984. The molecule has 0 unspecified atom stereocenters. The van der Waals surface area contributed by atoms with Gasteiger partial charge >= 0.3 is 5.97 Å². The maximum Gasteiger partial charge on any atom is 0.335 e. The van der Waals surface area contributed by atoms with Gasteiger partial charge in [-0.25, -0.2) is 4.79 Å². The Labute approximate surface area is 209 Å². The first-order valence-electron chi connectivity index (χ1n) is 9.91. The molecule has 2 aromatic rings. The second-order valence-electron chi connectivity index (χ2n) is 7.00. The lowest BCUT2D eigenvalue weighted by atomic mass is 10.1. The molecule has 8 nitrogen and oxygen atoms in total. The van der Waals surface area contributed by atoms with Crippen LogP contribution in [0.25, 0.3) is 6.08 Å². The summed E-state index contributed by atoms with van der Waals surface area (Å²) >= 11 is 3.03. The highest BCUT2D eigenvalue weighted by molar-refractivity contribution is 14.1. The number of rotatable bonds is 10. The molecule has 174 valence electrons. The van der Waals surface area contributed by atoms with Gasteiger partial charge in [0.2, 0.25) is 0 Å². The van der Waals surface area contributed by atoms with Crippen LogP contribution < -0.4 is 9.47 Å². The van der Waals surface area contributed by atoms with Gasteiger partial charge in [0, 0.05) is 20.3 Å². The van der Waals surface area contributed by atoms with Gasteiger partial charge < -0.3 is 19.3 Å². The Morgan fingerprint density at radius 2 is 1.91 bits per heavy atom. The van der Waals surface area contributed by atoms with E-state index in [4.69, 9.17) is 19.3 Å². The maximum atomic E-state index is 12.6. The van der Waals surface area contributed by atoms with Gasteiger partial charge in [-0.15, -0.1) is 0 Å². The van der Waals surface area contributed by atoms with Crippen molar-refractivity contribution < 1.29 is 33.7 Å². The summed E-state index contributed by atoms with van der Waals surface area (Å²) in [7, 11) is 3.10. The average Bonchev–Trinajstić information content (AvgIpc) is 3.05. The summed E-state index contributed by atoms with van der Waals surface area (Å²) in [5.74, 6) is -0.290. The molecule has 10 heteroatoms. The third-order valence-electron chi connectivity index (χ3n) is 4.74. The van der Waals surface area contributed by atoms with Crippen LogP contribution >= 0.6 is 34.4 Å². The number of nitrogens with zero attached hydrogens (tertiary/aromatic N) is 1. The first-order valence-corrected chi connectivity index (χ1v) is 11.8. The van der Waals surface area contributed by atoms with Crippen LogP contribution in [0.3, 0.4) is 0 Å². The van der Waals surface area contributed by atoms with Gasteiger partial charge in [0.1, 0.15) is 6.61 Å². The molecular weight excluding hydrogens is 561 g/mol. The number of carbonyl (C=O) groups is 3. The highest BCUT2D eigenvalue weighted by Crippen LogP contribution is 2.37. The van der Waals surface area contributed by atoms with Crippen molar-refractivity contribution in [3.8, 4) is 11.5 Å². The molecule has 1 aliphatic heterocycles. The molecule has 0 saturated carbocycles. The number of carboxylic acids is 1. The normalized spacial score (nSPS) is 14.8. The van der Waals surface area contributed by atoms with Crippen LogP contribution in [-0.4, -0.2) is 54.5 Å².